The second-order valence-electron chi connectivity index (χ2n) is 7.30. The molecule has 0 radical (unpaired) electrons. The first kappa shape index (κ1) is 17.1. The molecule has 0 bridgehead atoms. The lowest BCUT2D eigenvalue weighted by Gasteiger charge is -2.37. The van der Waals surface area contributed by atoms with E-state index in [0.29, 0.717) is 23.0 Å². The molecule has 3 aromatic rings. The number of ether oxygens (including phenoxy) is 1. The number of amides is 1. The first-order valence-corrected chi connectivity index (χ1v) is 8.68. The fraction of sp³-hybridized carbons (Fsp3) is 0.250. The minimum Gasteiger partial charge on any atom is -0.487 e. The van der Waals surface area contributed by atoms with Crippen molar-refractivity contribution in [1.29, 1.82) is 0 Å². The first-order valence-electron chi connectivity index (χ1n) is 8.68. The van der Waals surface area contributed by atoms with E-state index < -0.39 is 16.7 Å². The van der Waals surface area contributed by atoms with Crippen molar-refractivity contribution in [2.75, 3.05) is 0 Å². The molecule has 138 valence electrons. The number of rotatable bonds is 2. The molecule has 0 saturated heterocycles. The highest BCUT2D eigenvalue weighted by molar-refractivity contribution is 5.97. The third-order valence-corrected chi connectivity index (χ3v) is 4.67. The predicted octanol–water partition coefficient (Wildman–Crippen LogP) is 2.25. The fourth-order valence-electron chi connectivity index (χ4n) is 3.43. The number of para-hydroxylation sites is 1. The minimum absolute atomic E-state index is 0.192. The molecular weight excluding hydrogens is 346 g/mol. The lowest BCUT2D eigenvalue weighted by atomic mass is 9.89. The Morgan fingerprint density at radius 3 is 2.56 bits per heavy atom. The van der Waals surface area contributed by atoms with Gasteiger partial charge in [-0.05, 0) is 38.1 Å². The van der Waals surface area contributed by atoms with Gasteiger partial charge in [-0.1, -0.05) is 18.2 Å². The van der Waals surface area contributed by atoms with Crippen LogP contribution in [-0.4, -0.2) is 21.5 Å². The maximum atomic E-state index is 12.8. The molecule has 7 nitrogen and oxygen atoms in total. The molecule has 4 rings (SSSR count). The molecule has 1 aliphatic heterocycles. The molecular formula is C20H19N3O4. The third-order valence-electron chi connectivity index (χ3n) is 4.67. The number of fused-ring (bicyclic) bond motifs is 2. The second kappa shape index (κ2) is 6.12. The van der Waals surface area contributed by atoms with Crippen molar-refractivity contribution in [1.82, 2.24) is 15.3 Å². The highest BCUT2D eigenvalue weighted by Crippen LogP contribution is 2.39. The Kier molecular flexibility index (Phi) is 3.87. The molecule has 1 aromatic heterocycles. The zero-order chi connectivity index (χ0) is 19.2. The predicted molar refractivity (Wildman–Crippen MR) is 101 cm³/mol. The Labute approximate surface area is 154 Å². The van der Waals surface area contributed by atoms with Gasteiger partial charge in [-0.15, -0.1) is 0 Å². The van der Waals surface area contributed by atoms with Crippen molar-refractivity contribution in [3.05, 3.63) is 74.3 Å². The van der Waals surface area contributed by atoms with E-state index in [1.165, 1.54) is 0 Å². The van der Waals surface area contributed by atoms with Crippen LogP contribution in [0.15, 0.2) is 52.1 Å². The quantitative estimate of drug-likeness (QED) is 0.606. The van der Waals surface area contributed by atoms with Gasteiger partial charge in [-0.3, -0.25) is 14.4 Å². The van der Waals surface area contributed by atoms with Gasteiger partial charge in [0, 0.05) is 17.5 Å². The number of carbonyl (C=O) groups excluding carboxylic acids is 1. The van der Waals surface area contributed by atoms with E-state index in [0.717, 1.165) is 11.3 Å². The largest absolute Gasteiger partial charge is 0.487 e. The van der Waals surface area contributed by atoms with Gasteiger partial charge in [0.1, 0.15) is 11.4 Å². The van der Waals surface area contributed by atoms with Crippen LogP contribution in [0.5, 0.6) is 5.75 Å². The number of benzene rings is 2. The first-order chi connectivity index (χ1) is 12.8. The zero-order valence-electron chi connectivity index (χ0n) is 15.0. The van der Waals surface area contributed by atoms with Crippen LogP contribution in [-0.2, 0) is 0 Å². The number of carbonyl (C=O) groups is 1. The summed E-state index contributed by atoms with van der Waals surface area (Å²) in [5.41, 5.74) is 0.325. The number of aromatic amines is 2. The molecule has 1 aliphatic rings. The molecule has 2 heterocycles. The number of nitrogens with one attached hydrogen (secondary N) is 3. The van der Waals surface area contributed by atoms with Gasteiger partial charge in [0.2, 0.25) is 0 Å². The van der Waals surface area contributed by atoms with Gasteiger partial charge in [0.05, 0.1) is 17.1 Å². The number of H-pyrrole nitrogens is 2. The van der Waals surface area contributed by atoms with Crippen LogP contribution in [0.3, 0.4) is 0 Å². The molecule has 3 N–H and O–H groups in total. The Bertz CT molecular complexity index is 1160. The van der Waals surface area contributed by atoms with E-state index in [1.54, 1.807) is 18.2 Å². The average Bonchev–Trinajstić information content (AvgIpc) is 2.61. The summed E-state index contributed by atoms with van der Waals surface area (Å²) < 4.78 is 5.99. The Morgan fingerprint density at radius 2 is 1.78 bits per heavy atom. The van der Waals surface area contributed by atoms with Crippen molar-refractivity contribution >= 4 is 16.9 Å². The maximum Gasteiger partial charge on any atom is 0.314 e. The molecule has 0 unspecified atom stereocenters. The summed E-state index contributed by atoms with van der Waals surface area (Å²) >= 11 is 0. The Morgan fingerprint density at radius 1 is 1.07 bits per heavy atom. The summed E-state index contributed by atoms with van der Waals surface area (Å²) in [6, 6.07) is 12.2. The highest BCUT2D eigenvalue weighted by Gasteiger charge is 2.34. The molecule has 2 aromatic carbocycles. The fourth-order valence-corrected chi connectivity index (χ4v) is 3.43. The SMILES string of the molecule is CC1(C)C[C@H](NC(=O)c2ccc3[nH]c(=O)c(=O)[nH]c3c2)c2ccccc2O1. The number of hydrogen-bond acceptors (Lipinski definition) is 4. The van der Waals surface area contributed by atoms with Crippen molar-refractivity contribution in [2.45, 2.75) is 31.9 Å². The van der Waals surface area contributed by atoms with Gasteiger partial charge in [-0.2, -0.15) is 0 Å². The van der Waals surface area contributed by atoms with E-state index in [1.807, 2.05) is 38.1 Å². The lowest BCUT2D eigenvalue weighted by Crippen LogP contribution is -2.41. The number of aromatic nitrogens is 2. The summed E-state index contributed by atoms with van der Waals surface area (Å²) in [6.07, 6.45) is 0.632. The smallest absolute Gasteiger partial charge is 0.314 e. The molecule has 1 atom stereocenters. The van der Waals surface area contributed by atoms with Crippen LogP contribution in [0, 0.1) is 0 Å². The topological polar surface area (TPSA) is 104 Å². The van der Waals surface area contributed by atoms with Crippen molar-refractivity contribution in [2.24, 2.45) is 0 Å². The molecule has 0 aliphatic carbocycles. The van der Waals surface area contributed by atoms with Gasteiger partial charge in [0.15, 0.2) is 0 Å². The Balaban J connectivity index is 1.66. The van der Waals surface area contributed by atoms with Crippen LogP contribution in [0.25, 0.3) is 11.0 Å². The lowest BCUT2D eigenvalue weighted by molar-refractivity contribution is 0.0620. The monoisotopic (exact) mass is 365 g/mol. The van der Waals surface area contributed by atoms with E-state index >= 15 is 0 Å². The molecule has 0 saturated carbocycles. The van der Waals surface area contributed by atoms with Gasteiger partial charge >= 0.3 is 11.1 Å². The summed E-state index contributed by atoms with van der Waals surface area (Å²) in [7, 11) is 0. The van der Waals surface area contributed by atoms with Crippen LogP contribution < -0.4 is 21.2 Å². The number of hydrogen-bond donors (Lipinski definition) is 3. The molecule has 1 amide bonds. The van der Waals surface area contributed by atoms with Crippen molar-refractivity contribution in [3.8, 4) is 5.75 Å². The highest BCUT2D eigenvalue weighted by atomic mass is 16.5. The summed E-state index contributed by atoms with van der Waals surface area (Å²) in [5, 5.41) is 3.05. The average molecular weight is 365 g/mol. The Hall–Kier alpha value is -3.35. The maximum absolute atomic E-state index is 12.8. The normalized spacial score (nSPS) is 17.8. The standard InChI is InChI=1S/C20H19N3O4/c1-20(2)10-15(12-5-3-4-6-16(12)27-20)23-17(24)11-7-8-13-14(9-11)22-19(26)18(25)21-13/h3-9,15H,10H2,1-2H3,(H,21,25)(H,22,26)(H,23,24)/t15-/m0/s1. The minimum atomic E-state index is -0.750. The van der Waals surface area contributed by atoms with E-state index in [9.17, 15) is 14.4 Å². The van der Waals surface area contributed by atoms with Crippen molar-refractivity contribution < 1.29 is 9.53 Å². The van der Waals surface area contributed by atoms with Crippen LogP contribution >= 0.6 is 0 Å². The zero-order valence-corrected chi connectivity index (χ0v) is 15.0. The van der Waals surface area contributed by atoms with Crippen LogP contribution in [0.4, 0.5) is 0 Å². The molecule has 27 heavy (non-hydrogen) atoms. The second-order valence-corrected chi connectivity index (χ2v) is 7.30. The van der Waals surface area contributed by atoms with Gasteiger partial charge < -0.3 is 20.0 Å². The molecule has 7 heteroatoms. The van der Waals surface area contributed by atoms with E-state index in [2.05, 4.69) is 15.3 Å². The van der Waals surface area contributed by atoms with Gasteiger partial charge in [-0.25, -0.2) is 0 Å². The van der Waals surface area contributed by atoms with Crippen molar-refractivity contribution in [3.63, 3.8) is 0 Å². The van der Waals surface area contributed by atoms with Crippen LogP contribution in [0.1, 0.15) is 42.2 Å². The van der Waals surface area contributed by atoms with E-state index in [-0.39, 0.29) is 11.9 Å². The molecule has 0 spiro atoms. The summed E-state index contributed by atoms with van der Waals surface area (Å²) in [4.78, 5) is 40.7. The molecule has 0 fully saturated rings. The third kappa shape index (κ3) is 3.23. The van der Waals surface area contributed by atoms with Crippen LogP contribution in [0.2, 0.25) is 0 Å². The van der Waals surface area contributed by atoms with E-state index in [4.69, 9.17) is 4.74 Å². The van der Waals surface area contributed by atoms with Gasteiger partial charge in [0.25, 0.3) is 5.91 Å². The summed E-state index contributed by atoms with van der Waals surface area (Å²) in [5.74, 6) is 0.501. The summed E-state index contributed by atoms with van der Waals surface area (Å²) in [6.45, 7) is 3.97.